The van der Waals surface area contributed by atoms with Crippen LogP contribution in [0.25, 0.3) is 0 Å². The highest BCUT2D eigenvalue weighted by atomic mass is 16.2. The van der Waals surface area contributed by atoms with Crippen LogP contribution >= 0.6 is 0 Å². The lowest BCUT2D eigenvalue weighted by Crippen LogP contribution is -2.35. The van der Waals surface area contributed by atoms with Crippen LogP contribution in [0.4, 0.5) is 5.82 Å². The summed E-state index contributed by atoms with van der Waals surface area (Å²) in [4.78, 5) is 20.2. The van der Waals surface area contributed by atoms with Crippen molar-refractivity contribution in [2.75, 3.05) is 5.73 Å². The van der Waals surface area contributed by atoms with Crippen LogP contribution in [0.1, 0.15) is 63.4 Å². The fraction of sp³-hybridized carbons (Fsp3) is 0.688. The Morgan fingerprint density at radius 2 is 1.90 bits per heavy atom. The van der Waals surface area contributed by atoms with Crippen LogP contribution < -0.4 is 11.1 Å². The molecule has 1 amide bonds. The van der Waals surface area contributed by atoms with Crippen LogP contribution in [-0.2, 0) is 0 Å². The highest BCUT2D eigenvalue weighted by Gasteiger charge is 2.28. The van der Waals surface area contributed by atoms with E-state index in [-0.39, 0.29) is 23.5 Å². The maximum Gasteiger partial charge on any atom is 0.273 e. The van der Waals surface area contributed by atoms with E-state index in [9.17, 15) is 4.79 Å². The molecule has 1 aromatic rings. The molecule has 0 aromatic carbocycles. The number of amides is 1. The number of anilines is 1. The molecule has 21 heavy (non-hydrogen) atoms. The third kappa shape index (κ3) is 4.16. The molecule has 1 aliphatic rings. The minimum absolute atomic E-state index is 0.191. The van der Waals surface area contributed by atoms with Crippen molar-refractivity contribution >= 4 is 11.7 Å². The Kier molecular flexibility index (Phi) is 4.80. The van der Waals surface area contributed by atoms with Crippen LogP contribution in [0.15, 0.2) is 12.4 Å². The van der Waals surface area contributed by atoms with E-state index in [1.165, 1.54) is 18.8 Å². The fourth-order valence-electron chi connectivity index (χ4n) is 3.09. The first kappa shape index (κ1) is 15.7. The predicted molar refractivity (Wildman–Crippen MR) is 83.7 cm³/mol. The van der Waals surface area contributed by atoms with Gasteiger partial charge in [-0.1, -0.05) is 27.2 Å². The summed E-state index contributed by atoms with van der Waals surface area (Å²) in [5.41, 5.74) is 6.27. The first-order chi connectivity index (χ1) is 9.88. The molecule has 1 aliphatic carbocycles. The largest absolute Gasteiger partial charge is 0.382 e. The Morgan fingerprint density at radius 1 is 1.19 bits per heavy atom. The van der Waals surface area contributed by atoms with Crippen molar-refractivity contribution in [1.82, 2.24) is 15.3 Å². The van der Waals surface area contributed by atoms with Crippen molar-refractivity contribution in [3.63, 3.8) is 0 Å². The highest BCUT2D eigenvalue weighted by Crippen LogP contribution is 2.36. The van der Waals surface area contributed by atoms with E-state index in [4.69, 9.17) is 5.73 Å². The summed E-state index contributed by atoms with van der Waals surface area (Å²) in [6.07, 6.45) is 8.59. The Balaban J connectivity index is 1.95. The summed E-state index contributed by atoms with van der Waals surface area (Å²) in [6.45, 7) is 6.91. The Labute approximate surface area is 126 Å². The van der Waals surface area contributed by atoms with Crippen molar-refractivity contribution in [3.8, 4) is 0 Å². The number of carbonyl (C=O) groups excluding carboxylic acids is 1. The second kappa shape index (κ2) is 6.41. The first-order valence-corrected chi connectivity index (χ1v) is 7.75. The van der Waals surface area contributed by atoms with E-state index >= 15 is 0 Å². The third-order valence-corrected chi connectivity index (χ3v) is 4.47. The zero-order chi connectivity index (χ0) is 15.5. The molecular formula is C16H26N4O. The molecule has 3 N–H and O–H groups in total. The molecule has 116 valence electrons. The highest BCUT2D eigenvalue weighted by molar-refractivity contribution is 5.96. The van der Waals surface area contributed by atoms with Gasteiger partial charge in [-0.25, -0.2) is 9.97 Å². The van der Waals surface area contributed by atoms with Crippen LogP contribution in [0, 0.1) is 11.3 Å². The molecule has 1 saturated carbocycles. The molecule has 1 aromatic heterocycles. The van der Waals surface area contributed by atoms with Crippen LogP contribution in [-0.4, -0.2) is 21.9 Å². The van der Waals surface area contributed by atoms with Gasteiger partial charge >= 0.3 is 0 Å². The molecule has 0 saturated heterocycles. The second-order valence-corrected chi connectivity index (χ2v) is 7.03. The lowest BCUT2D eigenvalue weighted by molar-refractivity contribution is 0.0928. The standard InChI is InChI=1S/C16H26N4O/c1-16(2,3)11-5-4-6-12(8-7-11)20-15(21)13-14(17)19-10-9-18-13/h9-12H,4-8H2,1-3H3,(H2,17,19)(H,20,21)/t11-,12-/m1/s1. The molecule has 5 nitrogen and oxygen atoms in total. The van der Waals surface area contributed by atoms with Gasteiger partial charge in [-0.15, -0.1) is 0 Å². The van der Waals surface area contributed by atoms with Crippen LogP contribution in [0.5, 0.6) is 0 Å². The second-order valence-electron chi connectivity index (χ2n) is 7.03. The van der Waals surface area contributed by atoms with Gasteiger partial charge in [-0.2, -0.15) is 0 Å². The molecule has 0 bridgehead atoms. The van der Waals surface area contributed by atoms with Gasteiger partial charge in [-0.05, 0) is 37.0 Å². The number of nitrogens with two attached hydrogens (primary N) is 1. The summed E-state index contributed by atoms with van der Waals surface area (Å²) in [7, 11) is 0. The maximum absolute atomic E-state index is 12.2. The Bertz CT molecular complexity index is 495. The number of aromatic nitrogens is 2. The molecule has 5 heteroatoms. The lowest BCUT2D eigenvalue weighted by Gasteiger charge is -2.29. The molecule has 1 fully saturated rings. The van der Waals surface area contributed by atoms with Gasteiger partial charge in [0.05, 0.1) is 0 Å². The van der Waals surface area contributed by atoms with Gasteiger partial charge in [-0.3, -0.25) is 4.79 Å². The summed E-state index contributed by atoms with van der Waals surface area (Å²) >= 11 is 0. The van der Waals surface area contributed by atoms with Gasteiger partial charge in [0.15, 0.2) is 11.5 Å². The van der Waals surface area contributed by atoms with Gasteiger partial charge in [0.1, 0.15) is 0 Å². The van der Waals surface area contributed by atoms with Crippen LogP contribution in [0.2, 0.25) is 0 Å². The average Bonchev–Trinajstić information content (AvgIpc) is 2.64. The van der Waals surface area contributed by atoms with Crippen molar-refractivity contribution in [2.45, 2.75) is 58.9 Å². The molecule has 0 spiro atoms. The Hall–Kier alpha value is -1.65. The number of nitrogens with zero attached hydrogens (tertiary/aromatic N) is 2. The van der Waals surface area contributed by atoms with E-state index in [1.54, 1.807) is 0 Å². The molecule has 0 aliphatic heterocycles. The van der Waals surface area contributed by atoms with E-state index in [0.717, 1.165) is 31.6 Å². The summed E-state index contributed by atoms with van der Waals surface area (Å²) in [5, 5.41) is 3.07. The van der Waals surface area contributed by atoms with E-state index in [1.807, 2.05) is 0 Å². The van der Waals surface area contributed by atoms with E-state index in [2.05, 4.69) is 36.1 Å². The Morgan fingerprint density at radius 3 is 2.57 bits per heavy atom. The minimum atomic E-state index is -0.209. The zero-order valence-electron chi connectivity index (χ0n) is 13.2. The maximum atomic E-state index is 12.2. The quantitative estimate of drug-likeness (QED) is 0.821. The van der Waals surface area contributed by atoms with Crippen molar-refractivity contribution in [3.05, 3.63) is 18.1 Å². The van der Waals surface area contributed by atoms with Gasteiger partial charge < -0.3 is 11.1 Å². The van der Waals surface area contributed by atoms with Crippen molar-refractivity contribution < 1.29 is 4.79 Å². The number of hydrogen-bond donors (Lipinski definition) is 2. The first-order valence-electron chi connectivity index (χ1n) is 7.75. The number of carbonyl (C=O) groups is 1. The fourth-order valence-corrected chi connectivity index (χ4v) is 3.09. The average molecular weight is 290 g/mol. The van der Waals surface area contributed by atoms with E-state index in [0.29, 0.717) is 5.41 Å². The minimum Gasteiger partial charge on any atom is -0.382 e. The van der Waals surface area contributed by atoms with Gasteiger partial charge in [0.2, 0.25) is 0 Å². The van der Waals surface area contributed by atoms with Gasteiger partial charge in [0, 0.05) is 18.4 Å². The summed E-state index contributed by atoms with van der Waals surface area (Å²) < 4.78 is 0. The molecule has 0 radical (unpaired) electrons. The topological polar surface area (TPSA) is 80.9 Å². The summed E-state index contributed by atoms with van der Waals surface area (Å²) in [6, 6.07) is 0.214. The molecule has 2 rings (SSSR count). The molecular weight excluding hydrogens is 264 g/mol. The molecule has 0 unspecified atom stereocenters. The monoisotopic (exact) mass is 290 g/mol. The number of nitrogens with one attached hydrogen (secondary N) is 1. The zero-order valence-corrected chi connectivity index (χ0v) is 13.2. The number of nitrogen functional groups attached to an aromatic ring is 1. The third-order valence-electron chi connectivity index (χ3n) is 4.47. The number of rotatable bonds is 2. The molecule has 1 heterocycles. The lowest BCUT2D eigenvalue weighted by atomic mass is 9.76. The smallest absolute Gasteiger partial charge is 0.273 e. The van der Waals surface area contributed by atoms with Crippen molar-refractivity contribution in [2.24, 2.45) is 11.3 Å². The normalized spacial score (nSPS) is 23.4. The predicted octanol–water partition coefficient (Wildman–Crippen LogP) is 2.78. The van der Waals surface area contributed by atoms with E-state index < -0.39 is 0 Å². The number of hydrogen-bond acceptors (Lipinski definition) is 4. The SMILES string of the molecule is CC(C)(C)[C@@H]1CCC[C@@H](NC(=O)c2nccnc2N)CC1. The van der Waals surface area contributed by atoms with Crippen LogP contribution in [0.3, 0.4) is 0 Å². The van der Waals surface area contributed by atoms with Crippen molar-refractivity contribution in [1.29, 1.82) is 0 Å². The summed E-state index contributed by atoms with van der Waals surface area (Å²) in [5.74, 6) is 0.706. The van der Waals surface area contributed by atoms with Gasteiger partial charge in [0.25, 0.3) is 5.91 Å². The molecule has 2 atom stereocenters.